The highest BCUT2D eigenvalue weighted by Gasteiger charge is 2.28. The third-order valence-corrected chi connectivity index (χ3v) is 5.03. The highest BCUT2D eigenvalue weighted by Crippen LogP contribution is 2.37. The van der Waals surface area contributed by atoms with E-state index in [4.69, 9.17) is 11.6 Å². The quantitative estimate of drug-likeness (QED) is 0.880. The number of phenols is 1. The molecule has 17 heavy (non-hydrogen) atoms. The van der Waals surface area contributed by atoms with Crippen LogP contribution in [-0.4, -0.2) is 22.2 Å². The van der Waals surface area contributed by atoms with Crippen molar-refractivity contribution in [3.8, 4) is 5.75 Å². The molecule has 0 spiro atoms. The van der Waals surface area contributed by atoms with Crippen LogP contribution >= 0.6 is 23.4 Å². The van der Waals surface area contributed by atoms with Crippen LogP contribution in [0.3, 0.4) is 0 Å². The van der Waals surface area contributed by atoms with Gasteiger partial charge in [0.25, 0.3) is 0 Å². The van der Waals surface area contributed by atoms with E-state index < -0.39 is 0 Å². The van der Waals surface area contributed by atoms with Crippen LogP contribution in [0.15, 0.2) is 18.2 Å². The molecule has 0 aromatic heterocycles. The number of phenolic OH excluding ortho intramolecular Hbond substituents is 1. The molecule has 1 aromatic carbocycles. The molecule has 0 bridgehead atoms. The first kappa shape index (κ1) is 13.1. The van der Waals surface area contributed by atoms with Crippen LogP contribution in [-0.2, 0) is 6.54 Å². The van der Waals surface area contributed by atoms with Crippen LogP contribution in [0.2, 0.25) is 5.02 Å². The summed E-state index contributed by atoms with van der Waals surface area (Å²) in [5.41, 5.74) is 0.865. The summed E-state index contributed by atoms with van der Waals surface area (Å²) in [7, 11) is 0. The number of halogens is 1. The molecule has 2 N–H and O–H groups in total. The first-order chi connectivity index (χ1) is 8.11. The zero-order valence-electron chi connectivity index (χ0n) is 10.0. The topological polar surface area (TPSA) is 32.3 Å². The van der Waals surface area contributed by atoms with Crippen molar-refractivity contribution in [2.45, 2.75) is 31.1 Å². The number of aromatic hydroxyl groups is 1. The molecule has 1 heterocycles. The van der Waals surface area contributed by atoms with E-state index in [2.05, 4.69) is 12.2 Å². The molecule has 2 nitrogen and oxygen atoms in total. The van der Waals surface area contributed by atoms with Crippen molar-refractivity contribution in [2.24, 2.45) is 0 Å². The maximum absolute atomic E-state index is 9.78. The summed E-state index contributed by atoms with van der Waals surface area (Å²) in [6.07, 6.45) is 2.58. The van der Waals surface area contributed by atoms with E-state index in [1.807, 2.05) is 23.9 Å². The van der Waals surface area contributed by atoms with E-state index in [9.17, 15) is 5.11 Å². The Morgan fingerprint density at radius 3 is 3.06 bits per heavy atom. The van der Waals surface area contributed by atoms with E-state index in [1.54, 1.807) is 6.07 Å². The largest absolute Gasteiger partial charge is 0.506 e. The van der Waals surface area contributed by atoms with E-state index in [1.165, 1.54) is 18.6 Å². The molecule has 94 valence electrons. The number of rotatable bonds is 4. The van der Waals surface area contributed by atoms with Crippen LogP contribution in [0.25, 0.3) is 0 Å². The van der Waals surface area contributed by atoms with Crippen molar-refractivity contribution >= 4 is 23.4 Å². The Kier molecular flexibility index (Phi) is 4.23. The minimum absolute atomic E-state index is 0.200. The lowest BCUT2D eigenvalue weighted by atomic mass is 10.1. The smallest absolute Gasteiger partial charge is 0.138 e. The van der Waals surface area contributed by atoms with Crippen LogP contribution < -0.4 is 5.32 Å². The number of thioether (sulfide) groups is 1. The molecule has 0 aliphatic carbocycles. The first-order valence-corrected chi connectivity index (χ1v) is 7.28. The molecule has 1 aromatic rings. The first-order valence-electron chi connectivity index (χ1n) is 5.92. The van der Waals surface area contributed by atoms with E-state index in [-0.39, 0.29) is 5.75 Å². The lowest BCUT2D eigenvalue weighted by Gasteiger charge is -2.23. The van der Waals surface area contributed by atoms with Gasteiger partial charge in [0, 0.05) is 23.4 Å². The Bertz CT molecular complexity index is 391. The third kappa shape index (κ3) is 3.30. The van der Waals surface area contributed by atoms with Gasteiger partial charge in [-0.3, -0.25) is 0 Å². The monoisotopic (exact) mass is 271 g/mol. The Balaban J connectivity index is 1.88. The summed E-state index contributed by atoms with van der Waals surface area (Å²) in [6.45, 7) is 3.95. The fourth-order valence-corrected chi connectivity index (χ4v) is 3.61. The van der Waals surface area contributed by atoms with Gasteiger partial charge in [-0.25, -0.2) is 0 Å². The Morgan fingerprint density at radius 1 is 1.53 bits per heavy atom. The van der Waals surface area contributed by atoms with Crippen LogP contribution in [0.1, 0.15) is 25.3 Å². The van der Waals surface area contributed by atoms with Crippen molar-refractivity contribution in [3.63, 3.8) is 0 Å². The Morgan fingerprint density at radius 2 is 2.35 bits per heavy atom. The average molecular weight is 272 g/mol. The molecule has 1 fully saturated rings. The normalized spacial score (nSPS) is 24.1. The van der Waals surface area contributed by atoms with Gasteiger partial charge < -0.3 is 10.4 Å². The lowest BCUT2D eigenvalue weighted by molar-refractivity contribution is 0.461. The van der Waals surface area contributed by atoms with Crippen LogP contribution in [0, 0.1) is 0 Å². The second kappa shape index (κ2) is 5.51. The summed E-state index contributed by atoms with van der Waals surface area (Å²) in [6, 6.07) is 5.47. The Labute approximate surface area is 112 Å². The van der Waals surface area contributed by atoms with Crippen LogP contribution in [0.4, 0.5) is 0 Å². The SMILES string of the molecule is CC1(CNCc2cccc(Cl)c2O)CCCS1. The van der Waals surface area contributed by atoms with Gasteiger partial charge in [-0.2, -0.15) is 11.8 Å². The Hall–Kier alpha value is -0.380. The second-order valence-corrected chi connectivity index (χ2v) is 6.84. The highest BCUT2D eigenvalue weighted by molar-refractivity contribution is 8.00. The van der Waals surface area contributed by atoms with Crippen molar-refractivity contribution in [1.82, 2.24) is 5.32 Å². The maximum Gasteiger partial charge on any atom is 0.138 e. The number of para-hydroxylation sites is 1. The van der Waals surface area contributed by atoms with Crippen molar-refractivity contribution in [3.05, 3.63) is 28.8 Å². The molecule has 1 saturated heterocycles. The zero-order chi connectivity index (χ0) is 12.3. The number of benzene rings is 1. The standard InChI is InChI=1S/C13H18ClNOS/c1-13(6-3-7-17-13)9-15-8-10-4-2-5-11(14)12(10)16/h2,4-5,15-16H,3,6-9H2,1H3. The maximum atomic E-state index is 9.78. The van der Waals surface area contributed by atoms with Crippen molar-refractivity contribution in [1.29, 1.82) is 0 Å². The molecule has 0 saturated carbocycles. The summed E-state index contributed by atoms with van der Waals surface area (Å²) in [5.74, 6) is 1.46. The van der Waals surface area contributed by atoms with Gasteiger partial charge in [-0.05, 0) is 31.6 Å². The number of hydrogen-bond acceptors (Lipinski definition) is 3. The molecule has 4 heteroatoms. The van der Waals surface area contributed by atoms with Gasteiger partial charge in [-0.1, -0.05) is 23.7 Å². The van der Waals surface area contributed by atoms with Crippen LogP contribution in [0.5, 0.6) is 5.75 Å². The molecule has 1 aliphatic rings. The van der Waals surface area contributed by atoms with E-state index in [0.29, 0.717) is 16.3 Å². The summed E-state index contributed by atoms with van der Waals surface area (Å²) in [4.78, 5) is 0. The molecular formula is C13H18ClNOS. The van der Waals surface area contributed by atoms with Crippen molar-refractivity contribution in [2.75, 3.05) is 12.3 Å². The minimum Gasteiger partial charge on any atom is -0.506 e. The van der Waals surface area contributed by atoms with Gasteiger partial charge in [0.05, 0.1) is 5.02 Å². The predicted molar refractivity (Wildman–Crippen MR) is 74.9 cm³/mol. The summed E-state index contributed by atoms with van der Waals surface area (Å²) in [5, 5.41) is 13.6. The number of nitrogens with one attached hydrogen (secondary N) is 1. The molecular weight excluding hydrogens is 254 g/mol. The fourth-order valence-electron chi connectivity index (χ4n) is 2.14. The highest BCUT2D eigenvalue weighted by atomic mass is 35.5. The molecule has 1 aliphatic heterocycles. The van der Waals surface area contributed by atoms with Gasteiger partial charge in [0.1, 0.15) is 5.75 Å². The average Bonchev–Trinajstić information content (AvgIpc) is 2.72. The molecule has 1 unspecified atom stereocenters. The summed E-state index contributed by atoms with van der Waals surface area (Å²) < 4.78 is 0.355. The van der Waals surface area contributed by atoms with E-state index in [0.717, 1.165) is 12.1 Å². The zero-order valence-corrected chi connectivity index (χ0v) is 11.6. The fraction of sp³-hybridized carbons (Fsp3) is 0.538. The predicted octanol–water partition coefficient (Wildman–Crippen LogP) is 3.42. The molecule has 0 radical (unpaired) electrons. The minimum atomic E-state index is 0.200. The molecule has 1 atom stereocenters. The molecule has 0 amide bonds. The van der Waals surface area contributed by atoms with E-state index >= 15 is 0 Å². The second-order valence-electron chi connectivity index (χ2n) is 4.75. The van der Waals surface area contributed by atoms with Gasteiger partial charge in [-0.15, -0.1) is 0 Å². The lowest BCUT2D eigenvalue weighted by Crippen LogP contribution is -2.32. The third-order valence-electron chi connectivity index (χ3n) is 3.19. The van der Waals surface area contributed by atoms with Crippen molar-refractivity contribution < 1.29 is 5.11 Å². The van der Waals surface area contributed by atoms with Gasteiger partial charge >= 0.3 is 0 Å². The van der Waals surface area contributed by atoms with Gasteiger partial charge in [0.15, 0.2) is 0 Å². The van der Waals surface area contributed by atoms with Gasteiger partial charge in [0.2, 0.25) is 0 Å². The summed E-state index contributed by atoms with van der Waals surface area (Å²) >= 11 is 7.90. The molecule has 2 rings (SSSR count). The number of hydrogen-bond donors (Lipinski definition) is 2.